The molecule has 1 aliphatic heterocycles. The molecule has 1 N–H and O–H groups in total. The lowest BCUT2D eigenvalue weighted by Crippen LogP contribution is -2.30. The largest absolute Gasteiger partial charge is 0.497 e. The molecule has 6 nitrogen and oxygen atoms in total. The van der Waals surface area contributed by atoms with Crippen molar-refractivity contribution in [3.63, 3.8) is 0 Å². The Balaban J connectivity index is 1.49. The minimum Gasteiger partial charge on any atom is -0.497 e. The van der Waals surface area contributed by atoms with Crippen LogP contribution >= 0.6 is 0 Å². The summed E-state index contributed by atoms with van der Waals surface area (Å²) in [5, 5.41) is 2.82. The van der Waals surface area contributed by atoms with E-state index in [1.54, 1.807) is 55.6 Å². The molecule has 2 aliphatic rings. The number of carbonyl (C=O) groups is 3. The first kappa shape index (κ1) is 19.2. The topological polar surface area (TPSA) is 75.7 Å². The number of imide groups is 1. The van der Waals surface area contributed by atoms with E-state index in [2.05, 4.69) is 12.2 Å². The molecule has 0 unspecified atom stereocenters. The molecule has 4 rings (SSSR count). The van der Waals surface area contributed by atoms with Crippen LogP contribution in [0.15, 0.2) is 48.5 Å². The average Bonchev–Trinajstić information content (AvgIpc) is 2.98. The second-order valence-electron chi connectivity index (χ2n) is 7.88. The summed E-state index contributed by atoms with van der Waals surface area (Å²) in [5.74, 6) is 0.222. The van der Waals surface area contributed by atoms with E-state index < -0.39 is 0 Å². The highest BCUT2D eigenvalue weighted by Crippen LogP contribution is 2.42. The van der Waals surface area contributed by atoms with E-state index in [1.165, 1.54) is 4.90 Å². The van der Waals surface area contributed by atoms with Crippen LogP contribution in [-0.4, -0.2) is 24.8 Å². The smallest absolute Gasteiger partial charge is 0.255 e. The van der Waals surface area contributed by atoms with Gasteiger partial charge in [-0.1, -0.05) is 13.0 Å². The van der Waals surface area contributed by atoms with Crippen LogP contribution in [-0.2, 0) is 9.59 Å². The predicted octanol–water partition coefficient (Wildman–Crippen LogP) is 3.87. The molecule has 1 aliphatic carbocycles. The van der Waals surface area contributed by atoms with Gasteiger partial charge >= 0.3 is 0 Å². The van der Waals surface area contributed by atoms with Gasteiger partial charge in [0.25, 0.3) is 5.91 Å². The summed E-state index contributed by atoms with van der Waals surface area (Å²) in [6.45, 7) is 2.13. The number of ether oxygens (including phenoxy) is 1. The Bertz CT molecular complexity index is 954. The highest BCUT2D eigenvalue weighted by Gasteiger charge is 2.49. The van der Waals surface area contributed by atoms with Crippen molar-refractivity contribution in [2.75, 3.05) is 17.3 Å². The van der Waals surface area contributed by atoms with Crippen molar-refractivity contribution in [1.29, 1.82) is 0 Å². The highest BCUT2D eigenvalue weighted by atomic mass is 16.5. The van der Waals surface area contributed by atoms with Crippen LogP contribution in [0.25, 0.3) is 0 Å². The van der Waals surface area contributed by atoms with Gasteiger partial charge in [-0.15, -0.1) is 0 Å². The molecule has 0 radical (unpaired) electrons. The van der Waals surface area contributed by atoms with Crippen LogP contribution in [0.2, 0.25) is 0 Å². The van der Waals surface area contributed by atoms with Gasteiger partial charge in [0.15, 0.2) is 0 Å². The van der Waals surface area contributed by atoms with Gasteiger partial charge in [-0.2, -0.15) is 0 Å². The quantitative estimate of drug-likeness (QED) is 0.802. The number of hydrogen-bond acceptors (Lipinski definition) is 4. The summed E-state index contributed by atoms with van der Waals surface area (Å²) in [7, 11) is 1.57. The van der Waals surface area contributed by atoms with Gasteiger partial charge in [0.1, 0.15) is 5.75 Å². The summed E-state index contributed by atoms with van der Waals surface area (Å²) in [5.41, 5.74) is 1.60. The zero-order valence-electron chi connectivity index (χ0n) is 16.6. The summed E-state index contributed by atoms with van der Waals surface area (Å²) in [4.78, 5) is 39.4. The standard InChI is InChI=1S/C23H24N2O4/c1-14-6-11-19-20(12-14)23(28)25(22(19)27)17-9-7-15(8-10-17)21(26)24-16-4-3-5-18(13-16)29-2/h3-5,7-10,13-14,19-20H,6,11-12H2,1-2H3,(H,24,26)/t14-,19-,20-/m1/s1. The van der Waals surface area contributed by atoms with Gasteiger partial charge in [-0.3, -0.25) is 19.3 Å². The van der Waals surface area contributed by atoms with Crippen molar-refractivity contribution in [3.05, 3.63) is 54.1 Å². The third-order valence-electron chi connectivity index (χ3n) is 5.90. The lowest BCUT2D eigenvalue weighted by molar-refractivity contribution is -0.122. The maximum atomic E-state index is 12.8. The van der Waals surface area contributed by atoms with Crippen LogP contribution in [0.1, 0.15) is 36.5 Å². The van der Waals surface area contributed by atoms with Gasteiger partial charge < -0.3 is 10.1 Å². The second-order valence-corrected chi connectivity index (χ2v) is 7.88. The zero-order chi connectivity index (χ0) is 20.5. The molecular formula is C23H24N2O4. The number of nitrogens with one attached hydrogen (secondary N) is 1. The third-order valence-corrected chi connectivity index (χ3v) is 5.90. The summed E-state index contributed by atoms with van der Waals surface area (Å²) in [6.07, 6.45) is 2.53. The summed E-state index contributed by atoms with van der Waals surface area (Å²) >= 11 is 0. The van der Waals surface area contributed by atoms with E-state index in [0.717, 1.165) is 19.3 Å². The first-order valence-corrected chi connectivity index (χ1v) is 9.91. The van der Waals surface area contributed by atoms with Gasteiger partial charge in [-0.05, 0) is 61.6 Å². The Hall–Kier alpha value is -3.15. The van der Waals surface area contributed by atoms with Crippen LogP contribution in [0, 0.1) is 17.8 Å². The molecule has 3 atom stereocenters. The number of rotatable bonds is 4. The fourth-order valence-electron chi connectivity index (χ4n) is 4.31. The SMILES string of the molecule is COc1cccc(NC(=O)c2ccc(N3C(=O)[C@@H]4CC[C@@H](C)C[C@H]4C3=O)cc2)c1. The highest BCUT2D eigenvalue weighted by molar-refractivity contribution is 6.22. The Kier molecular flexibility index (Phi) is 5.09. The monoisotopic (exact) mass is 392 g/mol. The fourth-order valence-corrected chi connectivity index (χ4v) is 4.31. The van der Waals surface area contributed by atoms with E-state index in [9.17, 15) is 14.4 Å². The molecule has 2 fully saturated rings. The van der Waals surface area contributed by atoms with E-state index in [1.807, 2.05) is 0 Å². The molecule has 1 saturated heterocycles. The van der Waals surface area contributed by atoms with Gasteiger partial charge in [0, 0.05) is 17.3 Å². The number of hydrogen-bond donors (Lipinski definition) is 1. The molecule has 0 bridgehead atoms. The lowest BCUT2D eigenvalue weighted by Gasteiger charge is -2.25. The maximum absolute atomic E-state index is 12.8. The molecule has 2 aromatic rings. The van der Waals surface area contributed by atoms with E-state index in [-0.39, 0.29) is 29.6 Å². The number of anilines is 2. The minimum absolute atomic E-state index is 0.111. The first-order valence-electron chi connectivity index (χ1n) is 9.91. The number of fused-ring (bicyclic) bond motifs is 1. The Labute approximate surface area is 169 Å². The second kappa shape index (κ2) is 7.70. The summed E-state index contributed by atoms with van der Waals surface area (Å²) in [6, 6.07) is 13.7. The van der Waals surface area contributed by atoms with Crippen molar-refractivity contribution in [1.82, 2.24) is 0 Å². The number of carbonyl (C=O) groups excluding carboxylic acids is 3. The van der Waals surface area contributed by atoms with Crippen molar-refractivity contribution in [3.8, 4) is 5.75 Å². The van der Waals surface area contributed by atoms with E-state index >= 15 is 0 Å². The number of amides is 3. The van der Waals surface area contributed by atoms with Crippen molar-refractivity contribution >= 4 is 29.1 Å². The molecule has 6 heteroatoms. The summed E-state index contributed by atoms with van der Waals surface area (Å²) < 4.78 is 5.16. The van der Waals surface area contributed by atoms with Gasteiger partial charge in [0.2, 0.25) is 11.8 Å². The Morgan fingerprint density at radius 3 is 2.48 bits per heavy atom. The molecule has 0 spiro atoms. The molecule has 2 aromatic carbocycles. The molecule has 1 heterocycles. The van der Waals surface area contributed by atoms with Crippen LogP contribution < -0.4 is 15.0 Å². The Morgan fingerprint density at radius 1 is 1.03 bits per heavy atom. The molecule has 150 valence electrons. The van der Waals surface area contributed by atoms with Gasteiger partial charge in [-0.25, -0.2) is 0 Å². The lowest BCUT2D eigenvalue weighted by atomic mass is 9.76. The van der Waals surface area contributed by atoms with Crippen LogP contribution in [0.5, 0.6) is 5.75 Å². The Morgan fingerprint density at radius 2 is 1.76 bits per heavy atom. The zero-order valence-corrected chi connectivity index (χ0v) is 16.6. The molecule has 3 amide bonds. The van der Waals surface area contributed by atoms with E-state index in [4.69, 9.17) is 4.74 Å². The molecule has 1 saturated carbocycles. The molecule has 29 heavy (non-hydrogen) atoms. The predicted molar refractivity (Wildman–Crippen MR) is 110 cm³/mol. The number of benzene rings is 2. The first-order chi connectivity index (χ1) is 14.0. The van der Waals surface area contributed by atoms with Crippen molar-refractivity contribution < 1.29 is 19.1 Å². The fraction of sp³-hybridized carbons (Fsp3) is 0.348. The maximum Gasteiger partial charge on any atom is 0.255 e. The molecule has 0 aromatic heterocycles. The minimum atomic E-state index is -0.272. The van der Waals surface area contributed by atoms with Crippen LogP contribution in [0.3, 0.4) is 0 Å². The van der Waals surface area contributed by atoms with Crippen molar-refractivity contribution in [2.24, 2.45) is 17.8 Å². The normalized spacial score (nSPS) is 23.7. The van der Waals surface area contributed by atoms with Gasteiger partial charge in [0.05, 0.1) is 24.6 Å². The molecular weight excluding hydrogens is 368 g/mol. The number of methoxy groups -OCH3 is 1. The van der Waals surface area contributed by atoms with E-state index in [0.29, 0.717) is 28.6 Å². The third kappa shape index (κ3) is 3.62. The number of nitrogens with zero attached hydrogens (tertiary/aromatic N) is 1. The van der Waals surface area contributed by atoms with Crippen molar-refractivity contribution in [2.45, 2.75) is 26.2 Å². The van der Waals surface area contributed by atoms with Crippen LogP contribution in [0.4, 0.5) is 11.4 Å². The average molecular weight is 392 g/mol.